The predicted octanol–water partition coefficient (Wildman–Crippen LogP) is 2.39. The maximum Gasteiger partial charge on any atom is 0.252 e. The standard InChI is InChI=1S/C17H17FN2O2/c18-15-3-1-2-12(7-15)13-6-14(9-19-8-13)16(22)20-10-17(11-21)4-5-17/h1-3,6-9,21H,4-5,10-11H2,(H,20,22). The molecule has 114 valence electrons. The molecule has 0 saturated heterocycles. The average Bonchev–Trinajstić information content (AvgIpc) is 3.33. The first-order valence-electron chi connectivity index (χ1n) is 7.22. The number of nitrogens with one attached hydrogen (secondary N) is 1. The molecule has 0 aliphatic heterocycles. The van der Waals surface area contributed by atoms with Gasteiger partial charge < -0.3 is 10.4 Å². The Morgan fingerprint density at radius 1 is 1.27 bits per heavy atom. The van der Waals surface area contributed by atoms with Crippen LogP contribution in [0.25, 0.3) is 11.1 Å². The zero-order valence-electron chi connectivity index (χ0n) is 12.1. The van der Waals surface area contributed by atoms with Crippen molar-refractivity contribution in [2.45, 2.75) is 12.8 Å². The van der Waals surface area contributed by atoms with E-state index in [9.17, 15) is 14.3 Å². The predicted molar refractivity (Wildman–Crippen MR) is 80.7 cm³/mol. The minimum atomic E-state index is -0.328. The van der Waals surface area contributed by atoms with E-state index in [-0.39, 0.29) is 23.7 Å². The van der Waals surface area contributed by atoms with Gasteiger partial charge in [-0.3, -0.25) is 9.78 Å². The Hall–Kier alpha value is -2.27. The fourth-order valence-corrected chi connectivity index (χ4v) is 2.33. The molecule has 0 atom stereocenters. The Balaban J connectivity index is 1.74. The van der Waals surface area contributed by atoms with Gasteiger partial charge in [0.15, 0.2) is 0 Å². The molecule has 2 aromatic rings. The second-order valence-corrected chi connectivity index (χ2v) is 5.81. The molecule has 3 rings (SSSR count). The summed E-state index contributed by atoms with van der Waals surface area (Å²) in [6.07, 6.45) is 4.95. The molecule has 22 heavy (non-hydrogen) atoms. The van der Waals surface area contributed by atoms with Gasteiger partial charge in [0.2, 0.25) is 0 Å². The minimum absolute atomic E-state index is 0.0921. The Kier molecular flexibility index (Phi) is 3.90. The summed E-state index contributed by atoms with van der Waals surface area (Å²) in [6, 6.07) is 7.86. The Labute approximate surface area is 128 Å². The Bertz CT molecular complexity index is 699. The first-order valence-corrected chi connectivity index (χ1v) is 7.22. The number of hydrogen-bond donors (Lipinski definition) is 2. The van der Waals surface area contributed by atoms with E-state index in [1.165, 1.54) is 18.3 Å². The van der Waals surface area contributed by atoms with Crippen molar-refractivity contribution in [1.29, 1.82) is 0 Å². The number of benzene rings is 1. The number of amides is 1. The van der Waals surface area contributed by atoms with Gasteiger partial charge in [-0.05, 0) is 36.6 Å². The van der Waals surface area contributed by atoms with Gasteiger partial charge in [-0.2, -0.15) is 0 Å². The van der Waals surface area contributed by atoms with Crippen LogP contribution >= 0.6 is 0 Å². The van der Waals surface area contributed by atoms with E-state index in [2.05, 4.69) is 10.3 Å². The lowest BCUT2D eigenvalue weighted by Crippen LogP contribution is -2.31. The van der Waals surface area contributed by atoms with Crippen LogP contribution in [0.15, 0.2) is 42.7 Å². The van der Waals surface area contributed by atoms with Crippen LogP contribution in [-0.4, -0.2) is 29.1 Å². The molecule has 1 aliphatic rings. The molecule has 0 unspecified atom stereocenters. The molecule has 1 heterocycles. The van der Waals surface area contributed by atoms with Gasteiger partial charge in [0, 0.05) is 29.9 Å². The molecule has 0 spiro atoms. The summed E-state index contributed by atoms with van der Waals surface area (Å²) >= 11 is 0. The van der Waals surface area contributed by atoms with Crippen molar-refractivity contribution in [2.75, 3.05) is 13.2 Å². The Morgan fingerprint density at radius 3 is 2.77 bits per heavy atom. The zero-order valence-corrected chi connectivity index (χ0v) is 12.1. The lowest BCUT2D eigenvalue weighted by molar-refractivity contribution is 0.0935. The summed E-state index contributed by atoms with van der Waals surface area (Å²) < 4.78 is 13.3. The normalized spacial score (nSPS) is 15.4. The number of pyridine rings is 1. The van der Waals surface area contributed by atoms with Gasteiger partial charge in [-0.15, -0.1) is 0 Å². The largest absolute Gasteiger partial charge is 0.396 e. The highest BCUT2D eigenvalue weighted by Gasteiger charge is 2.42. The van der Waals surface area contributed by atoms with Crippen molar-refractivity contribution in [2.24, 2.45) is 5.41 Å². The fraction of sp³-hybridized carbons (Fsp3) is 0.294. The average molecular weight is 300 g/mol. The van der Waals surface area contributed by atoms with Crippen LogP contribution in [0.3, 0.4) is 0 Å². The molecule has 1 aromatic heterocycles. The van der Waals surface area contributed by atoms with Crippen LogP contribution < -0.4 is 5.32 Å². The van der Waals surface area contributed by atoms with Gasteiger partial charge in [0.05, 0.1) is 12.2 Å². The third-order valence-electron chi connectivity index (χ3n) is 4.07. The maximum absolute atomic E-state index is 13.3. The number of carbonyl (C=O) groups is 1. The van der Waals surface area contributed by atoms with Gasteiger partial charge in [-0.1, -0.05) is 12.1 Å². The highest BCUT2D eigenvalue weighted by Crippen LogP contribution is 2.44. The van der Waals surface area contributed by atoms with Crippen LogP contribution in [0, 0.1) is 11.2 Å². The van der Waals surface area contributed by atoms with E-state index < -0.39 is 0 Å². The van der Waals surface area contributed by atoms with Crippen molar-refractivity contribution in [3.05, 3.63) is 54.1 Å². The number of nitrogens with zero attached hydrogens (tertiary/aromatic N) is 1. The van der Waals surface area contributed by atoms with Crippen molar-refractivity contribution in [3.63, 3.8) is 0 Å². The summed E-state index contributed by atoms with van der Waals surface area (Å²) in [5.41, 5.74) is 1.66. The molecular formula is C17H17FN2O2. The van der Waals surface area contributed by atoms with E-state index in [1.807, 2.05) is 0 Å². The number of carbonyl (C=O) groups excluding carboxylic acids is 1. The van der Waals surface area contributed by atoms with E-state index in [4.69, 9.17) is 0 Å². The molecular weight excluding hydrogens is 283 g/mol. The fourth-order valence-electron chi connectivity index (χ4n) is 2.33. The van der Waals surface area contributed by atoms with Gasteiger partial charge in [0.25, 0.3) is 5.91 Å². The molecule has 0 radical (unpaired) electrons. The summed E-state index contributed by atoms with van der Waals surface area (Å²) in [7, 11) is 0. The second kappa shape index (κ2) is 5.85. The number of rotatable bonds is 5. The summed E-state index contributed by atoms with van der Waals surface area (Å²) in [5.74, 6) is -0.559. The number of aliphatic hydroxyl groups is 1. The lowest BCUT2D eigenvalue weighted by Gasteiger charge is -2.13. The molecule has 1 aliphatic carbocycles. The van der Waals surface area contributed by atoms with E-state index in [1.54, 1.807) is 24.4 Å². The third-order valence-corrected chi connectivity index (χ3v) is 4.07. The monoisotopic (exact) mass is 300 g/mol. The number of hydrogen-bond acceptors (Lipinski definition) is 3. The van der Waals surface area contributed by atoms with Crippen LogP contribution in [0.1, 0.15) is 23.2 Å². The highest BCUT2D eigenvalue weighted by atomic mass is 19.1. The first kappa shape index (κ1) is 14.7. The summed E-state index contributed by atoms with van der Waals surface area (Å²) in [6.45, 7) is 0.557. The molecule has 1 saturated carbocycles. The summed E-state index contributed by atoms with van der Waals surface area (Å²) in [4.78, 5) is 16.2. The number of aliphatic hydroxyl groups excluding tert-OH is 1. The molecule has 2 N–H and O–H groups in total. The maximum atomic E-state index is 13.3. The zero-order chi connectivity index (χ0) is 15.6. The molecule has 4 nitrogen and oxygen atoms in total. The van der Waals surface area contributed by atoms with Gasteiger partial charge in [-0.25, -0.2) is 4.39 Å². The quantitative estimate of drug-likeness (QED) is 0.891. The van der Waals surface area contributed by atoms with E-state index >= 15 is 0 Å². The van der Waals surface area contributed by atoms with Gasteiger partial charge in [0.1, 0.15) is 5.82 Å². The lowest BCUT2D eigenvalue weighted by atomic mass is 10.1. The highest BCUT2D eigenvalue weighted by molar-refractivity contribution is 5.95. The van der Waals surface area contributed by atoms with Crippen LogP contribution in [0.2, 0.25) is 0 Å². The Morgan fingerprint density at radius 2 is 2.09 bits per heavy atom. The topological polar surface area (TPSA) is 62.2 Å². The smallest absolute Gasteiger partial charge is 0.252 e. The molecule has 0 bridgehead atoms. The van der Waals surface area contributed by atoms with Crippen molar-refractivity contribution in [3.8, 4) is 11.1 Å². The second-order valence-electron chi connectivity index (χ2n) is 5.81. The van der Waals surface area contributed by atoms with Gasteiger partial charge >= 0.3 is 0 Å². The van der Waals surface area contributed by atoms with Crippen molar-refractivity contribution >= 4 is 5.91 Å². The molecule has 1 amide bonds. The number of halogens is 1. The first-order chi connectivity index (χ1) is 10.6. The summed E-state index contributed by atoms with van der Waals surface area (Å²) in [5, 5.41) is 12.1. The third kappa shape index (κ3) is 3.14. The van der Waals surface area contributed by atoms with Crippen LogP contribution in [-0.2, 0) is 0 Å². The molecule has 5 heteroatoms. The minimum Gasteiger partial charge on any atom is -0.396 e. The van der Waals surface area contributed by atoms with Crippen molar-refractivity contribution < 1.29 is 14.3 Å². The van der Waals surface area contributed by atoms with E-state index in [0.717, 1.165) is 12.8 Å². The van der Waals surface area contributed by atoms with Crippen molar-refractivity contribution in [1.82, 2.24) is 10.3 Å². The van der Waals surface area contributed by atoms with Crippen LogP contribution in [0.5, 0.6) is 0 Å². The van der Waals surface area contributed by atoms with E-state index in [0.29, 0.717) is 23.2 Å². The van der Waals surface area contributed by atoms with Crippen LogP contribution in [0.4, 0.5) is 4.39 Å². The molecule has 1 aromatic carbocycles. The SMILES string of the molecule is O=C(NCC1(CO)CC1)c1cncc(-c2cccc(F)c2)c1. The molecule has 1 fully saturated rings. The number of aromatic nitrogens is 1.